The molecule has 5 rings (SSSR count). The van der Waals surface area contributed by atoms with E-state index in [0.717, 1.165) is 27.5 Å². The molecule has 1 heterocycles. The molecule has 0 spiro atoms. The number of fused-ring (bicyclic) bond motifs is 3. The van der Waals surface area contributed by atoms with Gasteiger partial charge >= 0.3 is 0 Å². The third-order valence-electron chi connectivity index (χ3n) is 5.39. The number of para-hydroxylation sites is 1. The smallest absolute Gasteiger partial charge is 0.256 e. The molecule has 0 aliphatic rings. The van der Waals surface area contributed by atoms with E-state index >= 15 is 0 Å². The van der Waals surface area contributed by atoms with Crippen molar-refractivity contribution in [3.8, 4) is 5.75 Å². The number of hydrogen-bond donors (Lipinski definition) is 1. The van der Waals surface area contributed by atoms with Crippen molar-refractivity contribution in [2.75, 3.05) is 12.4 Å². The van der Waals surface area contributed by atoms with Gasteiger partial charge in [-0.3, -0.25) is 4.79 Å². The van der Waals surface area contributed by atoms with E-state index in [-0.39, 0.29) is 5.91 Å². The van der Waals surface area contributed by atoms with Gasteiger partial charge in [-0.05, 0) is 29.3 Å². The van der Waals surface area contributed by atoms with Crippen LogP contribution < -0.4 is 10.1 Å². The fourth-order valence-corrected chi connectivity index (χ4v) is 3.82. The van der Waals surface area contributed by atoms with Gasteiger partial charge in [-0.2, -0.15) is 0 Å². The highest BCUT2D eigenvalue weighted by atomic mass is 16.5. The highest BCUT2D eigenvalue weighted by Gasteiger charge is 2.17. The molecule has 0 unspecified atom stereocenters. The molecule has 0 bridgehead atoms. The summed E-state index contributed by atoms with van der Waals surface area (Å²) in [5.74, 6) is 0.346. The standard InChI is InChI=1S/C28H21NO3/c1-31-27-17-23-21-14-8-9-15-25(21)32-26(23)18-24(27)29-28(30)22(20-12-6-3-7-13-20)16-19-10-4-2-5-11-19/h2-18H,1H3,(H,29,30)/b22-16+. The minimum atomic E-state index is -0.228. The SMILES string of the molecule is COc1cc2c(cc1NC(=O)/C(=C/c1ccccc1)c1ccccc1)oc1ccccc12. The maximum absolute atomic E-state index is 13.4. The number of anilines is 1. The number of carbonyl (C=O) groups is 1. The van der Waals surface area contributed by atoms with Crippen LogP contribution in [0.25, 0.3) is 33.6 Å². The number of ether oxygens (including phenoxy) is 1. The first kappa shape index (κ1) is 19.6. The normalized spacial score (nSPS) is 11.6. The number of rotatable bonds is 5. The summed E-state index contributed by atoms with van der Waals surface area (Å²) in [4.78, 5) is 13.4. The summed E-state index contributed by atoms with van der Waals surface area (Å²) >= 11 is 0. The van der Waals surface area contributed by atoms with Crippen LogP contribution in [0.3, 0.4) is 0 Å². The Labute approximate surface area is 185 Å². The first-order chi connectivity index (χ1) is 15.7. The van der Waals surface area contributed by atoms with Crippen molar-refractivity contribution in [1.29, 1.82) is 0 Å². The lowest BCUT2D eigenvalue weighted by atomic mass is 10.0. The number of furan rings is 1. The summed E-state index contributed by atoms with van der Waals surface area (Å²) in [6, 6.07) is 31.0. The van der Waals surface area contributed by atoms with Crippen LogP contribution in [0.2, 0.25) is 0 Å². The van der Waals surface area contributed by atoms with Crippen molar-refractivity contribution in [3.63, 3.8) is 0 Å². The van der Waals surface area contributed by atoms with E-state index in [1.165, 1.54) is 0 Å². The van der Waals surface area contributed by atoms with Crippen LogP contribution in [0.15, 0.2) is 101 Å². The topological polar surface area (TPSA) is 51.5 Å². The van der Waals surface area contributed by atoms with Crippen molar-refractivity contribution in [3.05, 3.63) is 108 Å². The van der Waals surface area contributed by atoms with E-state index in [0.29, 0.717) is 22.6 Å². The number of nitrogens with one attached hydrogen (secondary N) is 1. The Balaban J connectivity index is 1.57. The van der Waals surface area contributed by atoms with Gasteiger partial charge in [0, 0.05) is 22.4 Å². The van der Waals surface area contributed by atoms with Crippen molar-refractivity contribution in [2.24, 2.45) is 0 Å². The predicted octanol–water partition coefficient (Wildman–Crippen LogP) is 6.77. The molecule has 0 fully saturated rings. The molecule has 5 aromatic rings. The maximum Gasteiger partial charge on any atom is 0.256 e. The van der Waals surface area contributed by atoms with E-state index in [4.69, 9.17) is 9.15 Å². The molecular weight excluding hydrogens is 398 g/mol. The summed E-state index contributed by atoms with van der Waals surface area (Å²) in [5, 5.41) is 4.97. The molecule has 0 saturated heterocycles. The van der Waals surface area contributed by atoms with Crippen LogP contribution in [0.4, 0.5) is 5.69 Å². The molecule has 0 saturated carbocycles. The molecule has 1 N–H and O–H groups in total. The van der Waals surface area contributed by atoms with Crippen LogP contribution in [-0.2, 0) is 4.79 Å². The van der Waals surface area contributed by atoms with E-state index in [2.05, 4.69) is 5.32 Å². The minimum absolute atomic E-state index is 0.228. The van der Waals surface area contributed by atoms with Crippen LogP contribution in [0.1, 0.15) is 11.1 Å². The Morgan fingerprint density at radius 3 is 2.25 bits per heavy atom. The lowest BCUT2D eigenvalue weighted by Gasteiger charge is -2.13. The van der Waals surface area contributed by atoms with Crippen LogP contribution in [-0.4, -0.2) is 13.0 Å². The molecule has 1 amide bonds. The monoisotopic (exact) mass is 419 g/mol. The van der Waals surface area contributed by atoms with Gasteiger partial charge in [0.05, 0.1) is 12.8 Å². The zero-order valence-electron chi connectivity index (χ0n) is 17.5. The Kier molecular flexibility index (Phi) is 5.18. The molecule has 0 radical (unpaired) electrons. The molecule has 0 aliphatic carbocycles. The quantitative estimate of drug-likeness (QED) is 0.252. The van der Waals surface area contributed by atoms with E-state index in [1.807, 2.05) is 103 Å². The summed E-state index contributed by atoms with van der Waals surface area (Å²) < 4.78 is 11.6. The van der Waals surface area contributed by atoms with Gasteiger partial charge in [-0.25, -0.2) is 0 Å². The molecule has 0 atom stereocenters. The molecule has 4 nitrogen and oxygen atoms in total. The molecule has 4 heteroatoms. The van der Waals surface area contributed by atoms with Crippen LogP contribution in [0.5, 0.6) is 5.75 Å². The first-order valence-corrected chi connectivity index (χ1v) is 10.4. The molecule has 156 valence electrons. The van der Waals surface area contributed by atoms with Gasteiger partial charge in [0.25, 0.3) is 5.91 Å². The zero-order valence-corrected chi connectivity index (χ0v) is 17.5. The Hall–Kier alpha value is -4.31. The number of amides is 1. The predicted molar refractivity (Wildman–Crippen MR) is 130 cm³/mol. The second-order valence-electron chi connectivity index (χ2n) is 7.44. The Morgan fingerprint density at radius 1 is 0.812 bits per heavy atom. The van der Waals surface area contributed by atoms with Crippen molar-refractivity contribution >= 4 is 45.2 Å². The van der Waals surface area contributed by atoms with Gasteiger partial charge < -0.3 is 14.5 Å². The van der Waals surface area contributed by atoms with Crippen LogP contribution in [0, 0.1) is 0 Å². The molecular formula is C28H21NO3. The molecule has 4 aromatic carbocycles. The summed E-state index contributed by atoms with van der Waals surface area (Å²) in [5.41, 5.74) is 4.37. The van der Waals surface area contributed by atoms with Gasteiger partial charge in [-0.1, -0.05) is 78.9 Å². The minimum Gasteiger partial charge on any atom is -0.495 e. The summed E-state index contributed by atoms with van der Waals surface area (Å²) in [6.45, 7) is 0. The summed E-state index contributed by atoms with van der Waals surface area (Å²) in [6.07, 6.45) is 1.89. The maximum atomic E-state index is 13.4. The van der Waals surface area contributed by atoms with Crippen molar-refractivity contribution in [1.82, 2.24) is 0 Å². The second kappa shape index (κ2) is 8.44. The Morgan fingerprint density at radius 2 is 1.50 bits per heavy atom. The largest absolute Gasteiger partial charge is 0.495 e. The number of methoxy groups -OCH3 is 1. The average molecular weight is 419 g/mol. The number of hydrogen-bond acceptors (Lipinski definition) is 3. The van der Waals surface area contributed by atoms with Crippen LogP contribution >= 0.6 is 0 Å². The van der Waals surface area contributed by atoms with Crippen molar-refractivity contribution in [2.45, 2.75) is 0 Å². The second-order valence-corrected chi connectivity index (χ2v) is 7.44. The van der Waals surface area contributed by atoms with Gasteiger partial charge in [-0.15, -0.1) is 0 Å². The fourth-order valence-electron chi connectivity index (χ4n) is 3.82. The van der Waals surface area contributed by atoms with E-state index < -0.39 is 0 Å². The number of carbonyl (C=O) groups excluding carboxylic acids is 1. The third kappa shape index (κ3) is 3.74. The van der Waals surface area contributed by atoms with Gasteiger partial charge in [0.15, 0.2) is 0 Å². The highest BCUT2D eigenvalue weighted by Crippen LogP contribution is 2.36. The fraction of sp³-hybridized carbons (Fsp3) is 0.0357. The summed E-state index contributed by atoms with van der Waals surface area (Å²) in [7, 11) is 1.59. The highest BCUT2D eigenvalue weighted by molar-refractivity contribution is 6.29. The third-order valence-corrected chi connectivity index (χ3v) is 5.39. The Bertz CT molecular complexity index is 1430. The molecule has 1 aromatic heterocycles. The number of benzene rings is 4. The first-order valence-electron chi connectivity index (χ1n) is 10.4. The van der Waals surface area contributed by atoms with Gasteiger partial charge in [0.2, 0.25) is 0 Å². The van der Waals surface area contributed by atoms with Gasteiger partial charge in [0.1, 0.15) is 16.9 Å². The lowest BCUT2D eigenvalue weighted by molar-refractivity contribution is -0.111. The molecule has 32 heavy (non-hydrogen) atoms. The molecule has 0 aliphatic heterocycles. The van der Waals surface area contributed by atoms with Crippen molar-refractivity contribution < 1.29 is 13.9 Å². The average Bonchev–Trinajstić information content (AvgIpc) is 3.20. The van der Waals surface area contributed by atoms with E-state index in [1.54, 1.807) is 7.11 Å². The van der Waals surface area contributed by atoms with E-state index in [9.17, 15) is 4.79 Å². The zero-order chi connectivity index (χ0) is 21.9. The lowest BCUT2D eigenvalue weighted by Crippen LogP contribution is -2.14.